The molecular formula is C22H21ClN2O6. The number of para-hydroxylation sites is 1. The summed E-state index contributed by atoms with van der Waals surface area (Å²) in [5.41, 5.74) is -1.55. The lowest BCUT2D eigenvalue weighted by Gasteiger charge is -2.48. The topological polar surface area (TPSA) is 85.4 Å². The van der Waals surface area contributed by atoms with Crippen LogP contribution >= 0.6 is 11.6 Å². The zero-order chi connectivity index (χ0) is 22.4. The molecule has 8 nitrogen and oxygen atoms in total. The number of carbonyl (C=O) groups excluding carboxylic acids is 3. The van der Waals surface area contributed by atoms with E-state index in [4.69, 9.17) is 25.9 Å². The number of halogens is 1. The molecule has 0 bridgehead atoms. The summed E-state index contributed by atoms with van der Waals surface area (Å²) in [5, 5.41) is 1.71. The Labute approximate surface area is 184 Å². The third-order valence-corrected chi connectivity index (χ3v) is 6.11. The number of likely N-dealkylation sites (N-methyl/N-ethyl adjacent to an activating group) is 1. The average molecular weight is 445 g/mol. The van der Waals surface area contributed by atoms with Gasteiger partial charge in [0.2, 0.25) is 0 Å². The van der Waals surface area contributed by atoms with Crippen LogP contribution in [0, 0.1) is 0 Å². The molecule has 0 aromatic heterocycles. The van der Waals surface area contributed by atoms with E-state index in [1.807, 2.05) is 24.3 Å². The highest BCUT2D eigenvalue weighted by Gasteiger charge is 2.65. The molecule has 1 amide bonds. The predicted octanol–water partition coefficient (Wildman–Crippen LogP) is 2.83. The minimum atomic E-state index is -2.06. The normalized spacial score (nSPS) is 21.7. The van der Waals surface area contributed by atoms with Gasteiger partial charge in [-0.05, 0) is 30.7 Å². The Morgan fingerprint density at radius 2 is 1.71 bits per heavy atom. The van der Waals surface area contributed by atoms with Gasteiger partial charge in [-0.3, -0.25) is 4.79 Å². The summed E-state index contributed by atoms with van der Waals surface area (Å²) in [7, 11) is 4.00. The molecular weight excluding hydrogens is 424 g/mol. The minimum absolute atomic E-state index is 0.101. The summed E-state index contributed by atoms with van der Waals surface area (Å²) < 4.78 is 9.76. The van der Waals surface area contributed by atoms with E-state index in [0.29, 0.717) is 22.0 Å². The molecule has 2 aliphatic heterocycles. The number of ether oxygens (including phenoxy) is 2. The number of amides is 1. The van der Waals surface area contributed by atoms with Gasteiger partial charge in [0, 0.05) is 29.7 Å². The first-order valence-electron chi connectivity index (χ1n) is 9.61. The van der Waals surface area contributed by atoms with Crippen molar-refractivity contribution in [1.29, 1.82) is 0 Å². The molecule has 1 atom stereocenters. The minimum Gasteiger partial charge on any atom is -0.466 e. The van der Waals surface area contributed by atoms with Gasteiger partial charge >= 0.3 is 11.9 Å². The standard InChI is InChI=1S/C22H21ClN2O6/c1-24-17-10-5-4-9-16(17)21(18(24)26)11-12-22(19(27)29-2,20(28)30-3)31-25(21)15-8-6-7-14(23)13-15/h4-10,13H,11-12H2,1-3H3. The van der Waals surface area contributed by atoms with Crippen LogP contribution in [0.1, 0.15) is 18.4 Å². The van der Waals surface area contributed by atoms with Gasteiger partial charge in [-0.25, -0.2) is 19.5 Å². The molecule has 2 heterocycles. The van der Waals surface area contributed by atoms with E-state index in [1.54, 1.807) is 36.2 Å². The SMILES string of the molecule is COC(=O)C1(C(=O)OC)CCC2(C(=O)N(C)c3ccccc32)N(c2cccc(Cl)c2)O1. The van der Waals surface area contributed by atoms with E-state index in [2.05, 4.69) is 0 Å². The number of hydrogen-bond acceptors (Lipinski definition) is 7. The number of methoxy groups -OCH3 is 2. The molecule has 0 N–H and O–H groups in total. The smallest absolute Gasteiger partial charge is 0.352 e. The first kappa shape index (κ1) is 21.1. The quantitative estimate of drug-likeness (QED) is 0.531. The maximum atomic E-state index is 13.6. The van der Waals surface area contributed by atoms with Crippen molar-refractivity contribution >= 4 is 40.8 Å². The maximum Gasteiger partial charge on any atom is 0.352 e. The molecule has 9 heteroatoms. The van der Waals surface area contributed by atoms with Crippen LogP contribution in [0.15, 0.2) is 48.5 Å². The summed E-state index contributed by atoms with van der Waals surface area (Å²) >= 11 is 6.21. The number of benzene rings is 2. The second-order valence-corrected chi connectivity index (χ2v) is 7.85. The third kappa shape index (κ3) is 2.90. The summed E-state index contributed by atoms with van der Waals surface area (Å²) in [4.78, 5) is 46.8. The van der Waals surface area contributed by atoms with Gasteiger partial charge in [-0.1, -0.05) is 35.9 Å². The Balaban J connectivity index is 1.95. The fourth-order valence-electron chi connectivity index (χ4n) is 4.36. The zero-order valence-corrected chi connectivity index (χ0v) is 18.0. The van der Waals surface area contributed by atoms with Crippen molar-refractivity contribution < 1.29 is 28.7 Å². The zero-order valence-electron chi connectivity index (χ0n) is 17.3. The number of anilines is 2. The van der Waals surface area contributed by atoms with Crippen molar-refractivity contribution in [2.75, 3.05) is 31.2 Å². The van der Waals surface area contributed by atoms with E-state index in [1.165, 1.54) is 5.06 Å². The van der Waals surface area contributed by atoms with E-state index >= 15 is 0 Å². The van der Waals surface area contributed by atoms with Crippen LogP contribution in [0.3, 0.4) is 0 Å². The first-order chi connectivity index (χ1) is 14.8. The molecule has 0 saturated carbocycles. The van der Waals surface area contributed by atoms with E-state index < -0.39 is 23.1 Å². The molecule has 2 aromatic carbocycles. The van der Waals surface area contributed by atoms with E-state index in [-0.39, 0.29) is 18.7 Å². The van der Waals surface area contributed by atoms with Gasteiger partial charge < -0.3 is 14.4 Å². The molecule has 1 fully saturated rings. The number of hydroxylamine groups is 1. The number of nitrogens with zero attached hydrogens (tertiary/aromatic N) is 2. The van der Waals surface area contributed by atoms with Gasteiger partial charge in [0.25, 0.3) is 11.5 Å². The van der Waals surface area contributed by atoms with Crippen LogP contribution in [-0.2, 0) is 34.2 Å². The molecule has 1 unspecified atom stereocenters. The van der Waals surface area contributed by atoms with Gasteiger partial charge in [-0.2, -0.15) is 0 Å². The first-order valence-corrected chi connectivity index (χ1v) is 9.99. The van der Waals surface area contributed by atoms with Crippen molar-refractivity contribution in [3.63, 3.8) is 0 Å². The Kier molecular flexibility index (Phi) is 5.15. The second-order valence-electron chi connectivity index (χ2n) is 7.42. The van der Waals surface area contributed by atoms with Crippen LogP contribution in [0.4, 0.5) is 11.4 Å². The lowest BCUT2D eigenvalue weighted by Crippen LogP contribution is -2.65. The molecule has 31 heavy (non-hydrogen) atoms. The van der Waals surface area contributed by atoms with Crippen molar-refractivity contribution in [3.8, 4) is 0 Å². The molecule has 2 aliphatic rings. The average Bonchev–Trinajstić information content (AvgIpc) is 3.01. The predicted molar refractivity (Wildman–Crippen MR) is 113 cm³/mol. The maximum absolute atomic E-state index is 13.6. The highest BCUT2D eigenvalue weighted by atomic mass is 35.5. The molecule has 162 valence electrons. The largest absolute Gasteiger partial charge is 0.466 e. The van der Waals surface area contributed by atoms with E-state index in [0.717, 1.165) is 14.2 Å². The lowest BCUT2D eigenvalue weighted by molar-refractivity contribution is -0.204. The molecule has 1 spiro atoms. The molecule has 4 rings (SSSR count). The summed E-state index contributed by atoms with van der Waals surface area (Å²) in [6.45, 7) is 0. The fourth-order valence-corrected chi connectivity index (χ4v) is 4.55. The van der Waals surface area contributed by atoms with Crippen LogP contribution in [0.5, 0.6) is 0 Å². The summed E-state index contributed by atoms with van der Waals surface area (Å²) in [6, 6.07) is 14.0. The Morgan fingerprint density at radius 3 is 2.35 bits per heavy atom. The highest BCUT2D eigenvalue weighted by Crippen LogP contribution is 2.53. The summed E-state index contributed by atoms with van der Waals surface area (Å²) in [6.07, 6.45) is -0.0127. The third-order valence-electron chi connectivity index (χ3n) is 5.88. The molecule has 0 aliphatic carbocycles. The van der Waals surface area contributed by atoms with Gasteiger partial charge in [0.05, 0.1) is 19.9 Å². The van der Waals surface area contributed by atoms with Crippen molar-refractivity contribution in [2.24, 2.45) is 0 Å². The molecule has 1 saturated heterocycles. The van der Waals surface area contributed by atoms with Crippen LogP contribution < -0.4 is 9.96 Å². The van der Waals surface area contributed by atoms with Crippen LogP contribution in [-0.4, -0.2) is 44.7 Å². The Bertz CT molecular complexity index is 1060. The van der Waals surface area contributed by atoms with E-state index in [9.17, 15) is 14.4 Å². The Morgan fingerprint density at radius 1 is 1.03 bits per heavy atom. The number of esters is 2. The number of rotatable bonds is 3. The highest BCUT2D eigenvalue weighted by molar-refractivity contribution is 6.30. The monoisotopic (exact) mass is 444 g/mol. The number of fused-ring (bicyclic) bond motifs is 2. The van der Waals surface area contributed by atoms with Crippen molar-refractivity contribution in [2.45, 2.75) is 24.0 Å². The molecule has 0 radical (unpaired) electrons. The molecule has 2 aromatic rings. The fraction of sp³-hybridized carbons (Fsp3) is 0.318. The number of hydrogen-bond donors (Lipinski definition) is 0. The lowest BCUT2D eigenvalue weighted by atomic mass is 9.80. The van der Waals surface area contributed by atoms with Crippen LogP contribution in [0.2, 0.25) is 5.02 Å². The summed E-state index contributed by atoms with van der Waals surface area (Å²) in [5.74, 6) is -2.07. The van der Waals surface area contributed by atoms with Gasteiger partial charge in [-0.15, -0.1) is 0 Å². The second kappa shape index (κ2) is 7.55. The van der Waals surface area contributed by atoms with Crippen LogP contribution in [0.25, 0.3) is 0 Å². The van der Waals surface area contributed by atoms with Crippen molar-refractivity contribution in [1.82, 2.24) is 0 Å². The van der Waals surface area contributed by atoms with Crippen molar-refractivity contribution in [3.05, 3.63) is 59.1 Å². The van der Waals surface area contributed by atoms with Gasteiger partial charge in [0.1, 0.15) is 0 Å². The van der Waals surface area contributed by atoms with Gasteiger partial charge in [0.15, 0.2) is 5.54 Å². The Hall–Kier alpha value is -3.10. The number of carbonyl (C=O) groups is 3.